The van der Waals surface area contributed by atoms with Crippen molar-refractivity contribution in [3.05, 3.63) is 83.4 Å². The maximum Gasteiger partial charge on any atom is 0.259 e. The first-order chi connectivity index (χ1) is 14.2. The van der Waals surface area contributed by atoms with Gasteiger partial charge in [0.2, 0.25) is 5.82 Å². The molecule has 6 nitrogen and oxygen atoms in total. The lowest BCUT2D eigenvalue weighted by molar-refractivity contribution is 0.102. The van der Waals surface area contributed by atoms with E-state index in [1.54, 1.807) is 55.6 Å². The number of nitrogens with one attached hydrogen (secondary N) is 1. The molecule has 4 rings (SSSR count). The maximum atomic E-state index is 12.8. The summed E-state index contributed by atoms with van der Waals surface area (Å²) in [5.41, 5.74) is 2.23. The minimum absolute atomic E-state index is 0.239. The molecule has 0 aliphatic carbocycles. The monoisotopic (exact) mass is 405 g/mol. The number of aromatic nitrogens is 2. The van der Waals surface area contributed by atoms with Crippen LogP contribution in [0.15, 0.2) is 77.3 Å². The second kappa shape index (κ2) is 8.16. The third kappa shape index (κ3) is 3.97. The SMILES string of the molecule is COc1ccccc1-c1noc(-c2ccccc2C(=O)Nc2cccc(Cl)c2)n1. The van der Waals surface area contributed by atoms with Gasteiger partial charge in [-0.25, -0.2) is 0 Å². The molecule has 29 heavy (non-hydrogen) atoms. The number of halogens is 1. The van der Waals surface area contributed by atoms with E-state index in [1.165, 1.54) is 0 Å². The van der Waals surface area contributed by atoms with Crippen molar-refractivity contribution in [2.75, 3.05) is 12.4 Å². The number of hydrogen-bond donors (Lipinski definition) is 1. The number of benzene rings is 3. The van der Waals surface area contributed by atoms with Gasteiger partial charge < -0.3 is 14.6 Å². The van der Waals surface area contributed by atoms with E-state index in [9.17, 15) is 4.79 Å². The van der Waals surface area contributed by atoms with Crippen molar-refractivity contribution in [1.82, 2.24) is 10.1 Å². The lowest BCUT2D eigenvalue weighted by atomic mass is 10.1. The average Bonchev–Trinajstić information content (AvgIpc) is 3.23. The Labute approximate surface area is 172 Å². The second-order valence-electron chi connectivity index (χ2n) is 6.13. The highest BCUT2D eigenvalue weighted by atomic mass is 35.5. The molecule has 1 aromatic heterocycles. The van der Waals surface area contributed by atoms with E-state index in [-0.39, 0.29) is 11.8 Å². The topological polar surface area (TPSA) is 77.2 Å². The quantitative estimate of drug-likeness (QED) is 0.486. The van der Waals surface area contributed by atoms with Crippen molar-refractivity contribution in [2.45, 2.75) is 0 Å². The molecule has 0 radical (unpaired) electrons. The van der Waals surface area contributed by atoms with E-state index in [4.69, 9.17) is 20.9 Å². The van der Waals surface area contributed by atoms with Gasteiger partial charge in [0.1, 0.15) is 5.75 Å². The first-order valence-electron chi connectivity index (χ1n) is 8.79. The molecule has 0 fully saturated rings. The Morgan fingerprint density at radius 2 is 1.76 bits per heavy atom. The molecular formula is C22H16ClN3O3. The third-order valence-electron chi connectivity index (χ3n) is 4.26. The number of carbonyl (C=O) groups is 1. The molecule has 0 saturated carbocycles. The normalized spacial score (nSPS) is 10.6. The fraction of sp³-hybridized carbons (Fsp3) is 0.0455. The van der Waals surface area contributed by atoms with Gasteiger partial charge in [0, 0.05) is 10.7 Å². The lowest BCUT2D eigenvalue weighted by Gasteiger charge is -2.08. The molecule has 1 amide bonds. The van der Waals surface area contributed by atoms with Crippen LogP contribution in [-0.2, 0) is 0 Å². The Hall–Kier alpha value is -3.64. The summed E-state index contributed by atoms with van der Waals surface area (Å²) in [6.07, 6.45) is 0. The molecule has 0 saturated heterocycles. The molecule has 0 aliphatic heterocycles. The lowest BCUT2D eigenvalue weighted by Crippen LogP contribution is -2.13. The fourth-order valence-corrected chi connectivity index (χ4v) is 3.09. The number of para-hydroxylation sites is 1. The van der Waals surface area contributed by atoms with E-state index in [2.05, 4.69) is 15.5 Å². The van der Waals surface area contributed by atoms with Gasteiger partial charge in [-0.15, -0.1) is 0 Å². The first kappa shape index (κ1) is 18.7. The Morgan fingerprint density at radius 1 is 1.00 bits per heavy atom. The largest absolute Gasteiger partial charge is 0.496 e. The van der Waals surface area contributed by atoms with E-state index >= 15 is 0 Å². The minimum atomic E-state index is -0.306. The van der Waals surface area contributed by atoms with Crippen molar-refractivity contribution in [3.8, 4) is 28.6 Å². The standard InChI is InChI=1S/C22H16ClN3O3/c1-28-19-12-5-4-11-18(19)20-25-22(29-26-20)17-10-3-2-9-16(17)21(27)24-15-8-6-7-14(23)13-15/h2-13H,1H3,(H,24,27). The number of methoxy groups -OCH3 is 1. The summed E-state index contributed by atoms with van der Waals surface area (Å²) in [4.78, 5) is 17.3. The summed E-state index contributed by atoms with van der Waals surface area (Å²) in [5.74, 6) is 0.942. The predicted molar refractivity (Wildman–Crippen MR) is 111 cm³/mol. The molecular weight excluding hydrogens is 390 g/mol. The zero-order chi connectivity index (χ0) is 20.2. The molecule has 1 N–H and O–H groups in total. The van der Waals surface area contributed by atoms with Gasteiger partial charge in [-0.2, -0.15) is 4.98 Å². The molecule has 7 heteroatoms. The van der Waals surface area contributed by atoms with E-state index in [0.29, 0.717) is 39.0 Å². The number of ether oxygens (including phenoxy) is 1. The van der Waals surface area contributed by atoms with Crippen LogP contribution in [0.3, 0.4) is 0 Å². The molecule has 3 aromatic carbocycles. The van der Waals surface area contributed by atoms with Crippen LogP contribution in [-0.4, -0.2) is 23.2 Å². The van der Waals surface area contributed by atoms with Gasteiger partial charge in [-0.05, 0) is 42.5 Å². The first-order valence-corrected chi connectivity index (χ1v) is 9.17. The summed E-state index contributed by atoms with van der Waals surface area (Å²) < 4.78 is 10.8. The van der Waals surface area contributed by atoms with E-state index < -0.39 is 0 Å². The van der Waals surface area contributed by atoms with Crippen LogP contribution in [0.25, 0.3) is 22.8 Å². The molecule has 0 unspecified atom stereocenters. The fourth-order valence-electron chi connectivity index (χ4n) is 2.90. The highest BCUT2D eigenvalue weighted by Gasteiger charge is 2.19. The Kier molecular flexibility index (Phi) is 5.27. The summed E-state index contributed by atoms with van der Waals surface area (Å²) in [6, 6.07) is 21.3. The van der Waals surface area contributed by atoms with Crippen LogP contribution in [0.2, 0.25) is 5.02 Å². The van der Waals surface area contributed by atoms with Crippen molar-refractivity contribution < 1.29 is 14.1 Å². The van der Waals surface area contributed by atoms with Crippen molar-refractivity contribution >= 4 is 23.2 Å². The molecule has 0 aliphatic rings. The number of amides is 1. The zero-order valence-electron chi connectivity index (χ0n) is 15.4. The second-order valence-corrected chi connectivity index (χ2v) is 6.57. The average molecular weight is 406 g/mol. The van der Waals surface area contributed by atoms with Crippen LogP contribution in [0.5, 0.6) is 5.75 Å². The van der Waals surface area contributed by atoms with Crippen molar-refractivity contribution in [2.24, 2.45) is 0 Å². The van der Waals surface area contributed by atoms with Gasteiger partial charge in [-0.1, -0.05) is 47.1 Å². The Balaban J connectivity index is 1.67. The maximum absolute atomic E-state index is 12.8. The summed E-state index contributed by atoms with van der Waals surface area (Å²) in [7, 11) is 1.58. The number of anilines is 1. The number of nitrogens with zero attached hydrogens (tertiary/aromatic N) is 2. The predicted octanol–water partition coefficient (Wildman–Crippen LogP) is 5.32. The number of carbonyl (C=O) groups excluding carboxylic acids is 1. The summed E-state index contributed by atoms with van der Waals surface area (Å²) in [6.45, 7) is 0. The van der Waals surface area contributed by atoms with Crippen molar-refractivity contribution in [3.63, 3.8) is 0 Å². The number of hydrogen-bond acceptors (Lipinski definition) is 5. The molecule has 0 bridgehead atoms. The van der Waals surface area contributed by atoms with Crippen LogP contribution < -0.4 is 10.1 Å². The summed E-state index contributed by atoms with van der Waals surface area (Å²) in [5, 5.41) is 7.42. The van der Waals surface area contributed by atoms with Gasteiger partial charge in [-0.3, -0.25) is 4.79 Å². The van der Waals surface area contributed by atoms with Crippen LogP contribution >= 0.6 is 11.6 Å². The van der Waals surface area contributed by atoms with Crippen LogP contribution in [0.1, 0.15) is 10.4 Å². The van der Waals surface area contributed by atoms with Crippen LogP contribution in [0, 0.1) is 0 Å². The van der Waals surface area contributed by atoms with E-state index in [1.807, 2.05) is 24.3 Å². The van der Waals surface area contributed by atoms with Gasteiger partial charge in [0.05, 0.1) is 23.8 Å². The van der Waals surface area contributed by atoms with Gasteiger partial charge >= 0.3 is 0 Å². The van der Waals surface area contributed by atoms with Gasteiger partial charge in [0.25, 0.3) is 11.8 Å². The molecule has 1 heterocycles. The molecule has 4 aromatic rings. The molecule has 144 valence electrons. The van der Waals surface area contributed by atoms with Crippen LogP contribution in [0.4, 0.5) is 5.69 Å². The number of rotatable bonds is 5. The van der Waals surface area contributed by atoms with Crippen molar-refractivity contribution in [1.29, 1.82) is 0 Å². The smallest absolute Gasteiger partial charge is 0.259 e. The van der Waals surface area contributed by atoms with Gasteiger partial charge in [0.15, 0.2) is 0 Å². The molecule has 0 spiro atoms. The Morgan fingerprint density at radius 3 is 2.55 bits per heavy atom. The summed E-state index contributed by atoms with van der Waals surface area (Å²) >= 11 is 5.99. The third-order valence-corrected chi connectivity index (χ3v) is 4.49. The Bertz CT molecular complexity index is 1170. The zero-order valence-corrected chi connectivity index (χ0v) is 16.2. The minimum Gasteiger partial charge on any atom is -0.496 e. The highest BCUT2D eigenvalue weighted by Crippen LogP contribution is 2.30. The highest BCUT2D eigenvalue weighted by molar-refractivity contribution is 6.31. The molecule has 0 atom stereocenters. The van der Waals surface area contributed by atoms with E-state index in [0.717, 1.165) is 0 Å².